The molecule has 0 aliphatic heterocycles. The zero-order valence-corrected chi connectivity index (χ0v) is 10.4. The number of aryl methyl sites for hydroxylation is 2. The van der Waals surface area contributed by atoms with E-state index in [0.29, 0.717) is 24.5 Å². The van der Waals surface area contributed by atoms with Gasteiger partial charge in [0, 0.05) is 18.2 Å². The van der Waals surface area contributed by atoms with Gasteiger partial charge in [-0.3, -0.25) is 4.98 Å². The maximum absolute atomic E-state index is 11.1. The summed E-state index contributed by atoms with van der Waals surface area (Å²) < 4.78 is 5.49. The minimum atomic E-state index is -1.01. The first-order valence-corrected chi connectivity index (χ1v) is 5.40. The fraction of sp³-hybridized carbons (Fsp3) is 0.385. The molecular formula is C13H17NO3. The summed E-state index contributed by atoms with van der Waals surface area (Å²) in [5, 5.41) is 9.11. The molecule has 17 heavy (non-hydrogen) atoms. The molecule has 0 aliphatic carbocycles. The third kappa shape index (κ3) is 3.59. The predicted octanol–water partition coefficient (Wildman–Crippen LogP) is 2.74. The van der Waals surface area contributed by atoms with Gasteiger partial charge in [-0.25, -0.2) is 4.79 Å². The number of nitrogens with zero attached hydrogens (tertiary/aromatic N) is 1. The van der Waals surface area contributed by atoms with Gasteiger partial charge >= 0.3 is 5.97 Å². The van der Waals surface area contributed by atoms with Crippen LogP contribution in [0.25, 0.3) is 0 Å². The van der Waals surface area contributed by atoms with Crippen LogP contribution < -0.4 is 4.74 Å². The fourth-order valence-corrected chi connectivity index (χ4v) is 1.50. The molecule has 0 saturated carbocycles. The van der Waals surface area contributed by atoms with Crippen molar-refractivity contribution in [3.63, 3.8) is 0 Å². The van der Waals surface area contributed by atoms with Crippen LogP contribution in [-0.2, 0) is 0 Å². The first-order chi connectivity index (χ1) is 7.91. The van der Waals surface area contributed by atoms with Crippen molar-refractivity contribution < 1.29 is 14.6 Å². The summed E-state index contributed by atoms with van der Waals surface area (Å²) in [6.07, 6.45) is 0.708. The monoisotopic (exact) mass is 235 g/mol. The van der Waals surface area contributed by atoms with Crippen molar-refractivity contribution in [2.24, 2.45) is 0 Å². The molecule has 92 valence electrons. The Kier molecular flexibility index (Phi) is 4.26. The quantitative estimate of drug-likeness (QED) is 0.797. The molecule has 4 heteroatoms. The van der Waals surface area contributed by atoms with Crippen molar-refractivity contribution in [2.75, 3.05) is 6.61 Å². The number of aromatic carboxylic acids is 1. The van der Waals surface area contributed by atoms with Crippen LogP contribution in [0.15, 0.2) is 18.2 Å². The Morgan fingerprint density at radius 3 is 2.71 bits per heavy atom. The van der Waals surface area contributed by atoms with Gasteiger partial charge in [-0.1, -0.05) is 5.57 Å². The molecule has 0 unspecified atom stereocenters. The molecule has 0 atom stereocenters. The van der Waals surface area contributed by atoms with Crippen molar-refractivity contribution in [2.45, 2.75) is 27.2 Å². The number of rotatable bonds is 5. The average molecular weight is 235 g/mol. The summed E-state index contributed by atoms with van der Waals surface area (Å²) in [6, 6.07) is 1.65. The summed E-state index contributed by atoms with van der Waals surface area (Å²) in [6.45, 7) is 9.59. The normalized spacial score (nSPS) is 10.1. The number of ether oxygens (including phenoxy) is 1. The summed E-state index contributed by atoms with van der Waals surface area (Å²) >= 11 is 0. The standard InChI is InChI=1S/C13H17NO3/c1-8(2)5-6-17-11-7-9(3)14-10(4)12(11)13(15)16/h7H,1,5-6H2,2-4H3,(H,15,16). The van der Waals surface area contributed by atoms with Crippen molar-refractivity contribution >= 4 is 5.97 Å². The van der Waals surface area contributed by atoms with Crippen LogP contribution in [0.5, 0.6) is 5.75 Å². The first kappa shape index (κ1) is 13.2. The van der Waals surface area contributed by atoms with Gasteiger partial charge in [0.25, 0.3) is 0 Å². The molecule has 0 aliphatic rings. The van der Waals surface area contributed by atoms with Gasteiger partial charge < -0.3 is 9.84 Å². The second-order valence-corrected chi connectivity index (χ2v) is 4.08. The Bertz CT molecular complexity index is 452. The van der Waals surface area contributed by atoms with Gasteiger partial charge in [-0.2, -0.15) is 0 Å². The van der Waals surface area contributed by atoms with Gasteiger partial charge in [-0.05, 0) is 20.8 Å². The van der Waals surface area contributed by atoms with E-state index in [1.54, 1.807) is 13.0 Å². The van der Waals surface area contributed by atoms with Crippen LogP contribution in [0.1, 0.15) is 35.1 Å². The fourth-order valence-electron chi connectivity index (χ4n) is 1.50. The van der Waals surface area contributed by atoms with E-state index >= 15 is 0 Å². The SMILES string of the molecule is C=C(C)CCOc1cc(C)nc(C)c1C(=O)O. The lowest BCUT2D eigenvalue weighted by Gasteiger charge is -2.11. The van der Waals surface area contributed by atoms with E-state index in [4.69, 9.17) is 9.84 Å². The molecular weight excluding hydrogens is 218 g/mol. The minimum Gasteiger partial charge on any atom is -0.492 e. The van der Waals surface area contributed by atoms with E-state index < -0.39 is 5.97 Å². The van der Waals surface area contributed by atoms with E-state index in [1.807, 2.05) is 13.8 Å². The van der Waals surface area contributed by atoms with Crippen LogP contribution in [0, 0.1) is 13.8 Å². The van der Waals surface area contributed by atoms with E-state index in [9.17, 15) is 4.79 Å². The largest absolute Gasteiger partial charge is 0.492 e. The van der Waals surface area contributed by atoms with Gasteiger partial charge in [0.05, 0.1) is 12.3 Å². The zero-order valence-electron chi connectivity index (χ0n) is 10.4. The number of carboxylic acid groups (broad SMARTS) is 1. The Hall–Kier alpha value is -1.84. The summed E-state index contributed by atoms with van der Waals surface area (Å²) in [4.78, 5) is 15.2. The van der Waals surface area contributed by atoms with Crippen molar-refractivity contribution in [3.8, 4) is 5.75 Å². The molecule has 4 nitrogen and oxygen atoms in total. The lowest BCUT2D eigenvalue weighted by atomic mass is 10.1. The molecule has 0 saturated heterocycles. The van der Waals surface area contributed by atoms with Gasteiger partial charge in [-0.15, -0.1) is 6.58 Å². The molecule has 0 radical (unpaired) electrons. The maximum Gasteiger partial charge on any atom is 0.341 e. The van der Waals surface area contributed by atoms with Crippen LogP contribution in [-0.4, -0.2) is 22.7 Å². The van der Waals surface area contributed by atoms with E-state index in [0.717, 1.165) is 11.3 Å². The number of pyridine rings is 1. The molecule has 0 fully saturated rings. The van der Waals surface area contributed by atoms with Gasteiger partial charge in [0.2, 0.25) is 0 Å². The first-order valence-electron chi connectivity index (χ1n) is 5.40. The Morgan fingerprint density at radius 1 is 1.53 bits per heavy atom. The molecule has 1 aromatic rings. The highest BCUT2D eigenvalue weighted by Crippen LogP contribution is 2.22. The van der Waals surface area contributed by atoms with Crippen molar-refractivity contribution in [1.82, 2.24) is 4.98 Å². The molecule has 0 spiro atoms. The van der Waals surface area contributed by atoms with Crippen LogP contribution in [0.2, 0.25) is 0 Å². The third-order valence-electron chi connectivity index (χ3n) is 2.29. The molecule has 1 rings (SSSR count). The number of hydrogen-bond acceptors (Lipinski definition) is 3. The van der Waals surface area contributed by atoms with Gasteiger partial charge in [0.1, 0.15) is 11.3 Å². The zero-order chi connectivity index (χ0) is 13.0. The van der Waals surface area contributed by atoms with Crippen LogP contribution in [0.4, 0.5) is 0 Å². The topological polar surface area (TPSA) is 59.4 Å². The van der Waals surface area contributed by atoms with Crippen LogP contribution in [0.3, 0.4) is 0 Å². The van der Waals surface area contributed by atoms with E-state index in [-0.39, 0.29) is 5.56 Å². The average Bonchev–Trinajstić information content (AvgIpc) is 2.14. The highest BCUT2D eigenvalue weighted by Gasteiger charge is 2.16. The molecule has 0 amide bonds. The summed E-state index contributed by atoms with van der Waals surface area (Å²) in [5.74, 6) is -0.635. The third-order valence-corrected chi connectivity index (χ3v) is 2.29. The highest BCUT2D eigenvalue weighted by atomic mass is 16.5. The van der Waals surface area contributed by atoms with Crippen LogP contribution >= 0.6 is 0 Å². The lowest BCUT2D eigenvalue weighted by molar-refractivity contribution is 0.0691. The lowest BCUT2D eigenvalue weighted by Crippen LogP contribution is -2.09. The second-order valence-electron chi connectivity index (χ2n) is 4.08. The Balaban J connectivity index is 2.96. The molecule has 1 N–H and O–H groups in total. The number of carboxylic acids is 1. The number of hydrogen-bond donors (Lipinski definition) is 1. The smallest absolute Gasteiger partial charge is 0.341 e. The summed E-state index contributed by atoms with van der Waals surface area (Å²) in [5.41, 5.74) is 2.36. The summed E-state index contributed by atoms with van der Waals surface area (Å²) in [7, 11) is 0. The highest BCUT2D eigenvalue weighted by molar-refractivity contribution is 5.92. The molecule has 1 aromatic heterocycles. The van der Waals surface area contributed by atoms with E-state index in [1.165, 1.54) is 0 Å². The van der Waals surface area contributed by atoms with E-state index in [2.05, 4.69) is 11.6 Å². The second kappa shape index (κ2) is 5.48. The van der Waals surface area contributed by atoms with Gasteiger partial charge in [0.15, 0.2) is 0 Å². The molecule has 1 heterocycles. The molecule has 0 bridgehead atoms. The number of aromatic nitrogens is 1. The number of carbonyl (C=O) groups is 1. The van der Waals surface area contributed by atoms with Crippen molar-refractivity contribution in [3.05, 3.63) is 35.2 Å². The predicted molar refractivity (Wildman–Crippen MR) is 65.6 cm³/mol. The maximum atomic E-state index is 11.1. The minimum absolute atomic E-state index is 0.136. The van der Waals surface area contributed by atoms with Crippen molar-refractivity contribution in [1.29, 1.82) is 0 Å². The Labute approximate surface area is 101 Å². The molecule has 0 aromatic carbocycles. The Morgan fingerprint density at radius 2 is 2.18 bits per heavy atom.